The molecule has 1 aromatic rings. The van der Waals surface area contributed by atoms with E-state index in [9.17, 15) is 4.79 Å². The normalized spacial score (nSPS) is 8.93. The number of halogens is 1. The summed E-state index contributed by atoms with van der Waals surface area (Å²) in [5.74, 6) is 0.0223. The Kier molecular flexibility index (Phi) is 7.11. The van der Waals surface area contributed by atoms with Crippen LogP contribution < -0.4 is 5.32 Å². The van der Waals surface area contributed by atoms with Crippen LogP contribution in [0.4, 0.5) is 0 Å². The van der Waals surface area contributed by atoms with Gasteiger partial charge >= 0.3 is 0 Å². The van der Waals surface area contributed by atoms with Crippen molar-refractivity contribution < 1.29 is 4.79 Å². The number of benzene rings is 1. The van der Waals surface area contributed by atoms with Crippen LogP contribution in [0.15, 0.2) is 30.3 Å². The minimum atomic E-state index is 0. The molecule has 0 heterocycles. The summed E-state index contributed by atoms with van der Waals surface area (Å²) in [5.41, 5.74) is 0.735. The molecule has 0 aliphatic heterocycles. The standard InChI is InChI=1S/C11H15NO.BrH/c1-2-3-9-12-11(13)10-7-5-4-6-8-10;/h4-8H,2-3,9H2,1H3,(H,12,13);1H. The van der Waals surface area contributed by atoms with E-state index in [0.717, 1.165) is 24.9 Å². The van der Waals surface area contributed by atoms with Crippen molar-refractivity contribution >= 4 is 22.9 Å². The van der Waals surface area contributed by atoms with Crippen LogP contribution in [0, 0.1) is 0 Å². The summed E-state index contributed by atoms with van der Waals surface area (Å²) in [5, 5.41) is 2.86. The molecule has 0 unspecified atom stereocenters. The maximum Gasteiger partial charge on any atom is 0.251 e. The molecule has 3 heteroatoms. The second-order valence-corrected chi connectivity index (χ2v) is 2.98. The zero-order valence-corrected chi connectivity index (χ0v) is 10.0. The van der Waals surface area contributed by atoms with Gasteiger partial charge in [0.05, 0.1) is 0 Å². The molecular formula is C11H16BrNO. The fourth-order valence-corrected chi connectivity index (χ4v) is 1.07. The monoisotopic (exact) mass is 257 g/mol. The number of rotatable bonds is 4. The molecule has 0 fully saturated rings. The van der Waals surface area contributed by atoms with Crippen LogP contribution in [0.25, 0.3) is 0 Å². The van der Waals surface area contributed by atoms with Gasteiger partial charge in [0.15, 0.2) is 0 Å². The van der Waals surface area contributed by atoms with Gasteiger partial charge in [0.2, 0.25) is 0 Å². The highest BCUT2D eigenvalue weighted by atomic mass is 79.9. The molecule has 0 bridgehead atoms. The first-order valence-corrected chi connectivity index (χ1v) is 4.68. The smallest absolute Gasteiger partial charge is 0.251 e. The third-order valence-corrected chi connectivity index (χ3v) is 1.85. The van der Waals surface area contributed by atoms with Crippen LogP contribution in [-0.2, 0) is 0 Å². The average Bonchev–Trinajstić information content (AvgIpc) is 2.19. The van der Waals surface area contributed by atoms with Crippen molar-refractivity contribution in [3.05, 3.63) is 35.9 Å². The molecule has 1 aromatic carbocycles. The van der Waals surface area contributed by atoms with Crippen molar-refractivity contribution in [2.75, 3.05) is 6.54 Å². The molecule has 0 aromatic heterocycles. The Hall–Kier alpha value is -0.830. The molecule has 0 saturated heterocycles. The third-order valence-electron chi connectivity index (χ3n) is 1.85. The molecule has 0 spiro atoms. The van der Waals surface area contributed by atoms with E-state index in [1.54, 1.807) is 0 Å². The Morgan fingerprint density at radius 3 is 2.50 bits per heavy atom. The fraction of sp³-hybridized carbons (Fsp3) is 0.364. The van der Waals surface area contributed by atoms with Gasteiger partial charge in [-0.05, 0) is 18.6 Å². The molecular weight excluding hydrogens is 242 g/mol. The molecule has 0 radical (unpaired) electrons. The first-order chi connectivity index (χ1) is 6.34. The highest BCUT2D eigenvalue weighted by Crippen LogP contribution is 1.97. The number of hydrogen-bond donors (Lipinski definition) is 1. The quantitative estimate of drug-likeness (QED) is 0.826. The van der Waals surface area contributed by atoms with E-state index < -0.39 is 0 Å². The summed E-state index contributed by atoms with van der Waals surface area (Å²) in [6, 6.07) is 9.29. The number of unbranched alkanes of at least 4 members (excludes halogenated alkanes) is 1. The topological polar surface area (TPSA) is 29.1 Å². The molecule has 0 aliphatic rings. The van der Waals surface area contributed by atoms with Crippen molar-refractivity contribution in [1.82, 2.24) is 5.32 Å². The van der Waals surface area contributed by atoms with Gasteiger partial charge in [-0.2, -0.15) is 0 Å². The van der Waals surface area contributed by atoms with Gasteiger partial charge in [0.25, 0.3) is 5.91 Å². The minimum absolute atomic E-state index is 0. The third kappa shape index (κ3) is 4.42. The van der Waals surface area contributed by atoms with Gasteiger partial charge in [-0.15, -0.1) is 17.0 Å². The zero-order valence-electron chi connectivity index (χ0n) is 8.32. The lowest BCUT2D eigenvalue weighted by Crippen LogP contribution is -2.24. The Morgan fingerprint density at radius 1 is 1.29 bits per heavy atom. The predicted molar refractivity (Wildman–Crippen MR) is 64.0 cm³/mol. The fourth-order valence-electron chi connectivity index (χ4n) is 1.07. The number of nitrogens with one attached hydrogen (secondary N) is 1. The molecule has 2 nitrogen and oxygen atoms in total. The molecule has 0 aliphatic carbocycles. The lowest BCUT2D eigenvalue weighted by molar-refractivity contribution is 0.0953. The van der Waals surface area contributed by atoms with E-state index in [4.69, 9.17) is 0 Å². The van der Waals surface area contributed by atoms with E-state index in [2.05, 4.69) is 12.2 Å². The summed E-state index contributed by atoms with van der Waals surface area (Å²) in [4.78, 5) is 11.4. The number of carbonyl (C=O) groups is 1. The first kappa shape index (κ1) is 13.2. The SMILES string of the molecule is Br.CCCCNC(=O)c1ccccc1. The van der Waals surface area contributed by atoms with Gasteiger partial charge in [-0.25, -0.2) is 0 Å². The molecule has 1 amide bonds. The Morgan fingerprint density at radius 2 is 1.93 bits per heavy atom. The Labute approximate surface area is 95.5 Å². The molecule has 0 atom stereocenters. The highest BCUT2D eigenvalue weighted by Gasteiger charge is 2.01. The number of carbonyl (C=O) groups excluding carboxylic acids is 1. The molecule has 1 rings (SSSR count). The van der Waals surface area contributed by atoms with Crippen molar-refractivity contribution in [3.8, 4) is 0 Å². The zero-order chi connectivity index (χ0) is 9.52. The summed E-state index contributed by atoms with van der Waals surface area (Å²) < 4.78 is 0. The summed E-state index contributed by atoms with van der Waals surface area (Å²) in [7, 11) is 0. The largest absolute Gasteiger partial charge is 0.352 e. The van der Waals surface area contributed by atoms with Crippen molar-refractivity contribution in [3.63, 3.8) is 0 Å². The van der Waals surface area contributed by atoms with E-state index in [0.29, 0.717) is 0 Å². The molecule has 78 valence electrons. The first-order valence-electron chi connectivity index (χ1n) is 4.68. The summed E-state index contributed by atoms with van der Waals surface area (Å²) in [6.45, 7) is 2.87. The van der Waals surface area contributed by atoms with Gasteiger partial charge in [-0.1, -0.05) is 31.5 Å². The van der Waals surface area contributed by atoms with Gasteiger partial charge in [0, 0.05) is 12.1 Å². The average molecular weight is 258 g/mol. The second kappa shape index (κ2) is 7.56. The van der Waals surface area contributed by atoms with E-state index >= 15 is 0 Å². The van der Waals surface area contributed by atoms with Crippen molar-refractivity contribution in [1.29, 1.82) is 0 Å². The van der Waals surface area contributed by atoms with E-state index in [1.807, 2.05) is 30.3 Å². The van der Waals surface area contributed by atoms with Crippen LogP contribution in [0.3, 0.4) is 0 Å². The number of hydrogen-bond acceptors (Lipinski definition) is 1. The number of amides is 1. The van der Waals surface area contributed by atoms with Gasteiger partial charge in [-0.3, -0.25) is 4.79 Å². The van der Waals surface area contributed by atoms with Gasteiger partial charge < -0.3 is 5.32 Å². The minimum Gasteiger partial charge on any atom is -0.352 e. The van der Waals surface area contributed by atoms with Crippen LogP contribution in [0.1, 0.15) is 30.1 Å². The summed E-state index contributed by atoms with van der Waals surface area (Å²) in [6.07, 6.45) is 2.15. The van der Waals surface area contributed by atoms with Crippen LogP contribution >= 0.6 is 17.0 Å². The van der Waals surface area contributed by atoms with Crippen LogP contribution in [-0.4, -0.2) is 12.5 Å². The molecule has 14 heavy (non-hydrogen) atoms. The van der Waals surface area contributed by atoms with E-state index in [-0.39, 0.29) is 22.9 Å². The lowest BCUT2D eigenvalue weighted by atomic mass is 10.2. The maximum absolute atomic E-state index is 11.4. The second-order valence-electron chi connectivity index (χ2n) is 2.98. The lowest BCUT2D eigenvalue weighted by Gasteiger charge is -2.02. The van der Waals surface area contributed by atoms with Crippen molar-refractivity contribution in [2.45, 2.75) is 19.8 Å². The molecule has 0 saturated carbocycles. The van der Waals surface area contributed by atoms with E-state index in [1.165, 1.54) is 0 Å². The van der Waals surface area contributed by atoms with Crippen molar-refractivity contribution in [2.24, 2.45) is 0 Å². The Balaban J connectivity index is 0.00000169. The van der Waals surface area contributed by atoms with Gasteiger partial charge in [0.1, 0.15) is 0 Å². The van der Waals surface area contributed by atoms with Crippen LogP contribution in [0.5, 0.6) is 0 Å². The molecule has 1 N–H and O–H groups in total. The predicted octanol–water partition coefficient (Wildman–Crippen LogP) is 2.79. The Bertz CT molecular complexity index is 261. The highest BCUT2D eigenvalue weighted by molar-refractivity contribution is 8.93. The summed E-state index contributed by atoms with van der Waals surface area (Å²) >= 11 is 0. The van der Waals surface area contributed by atoms with Crippen LogP contribution in [0.2, 0.25) is 0 Å². The maximum atomic E-state index is 11.4.